The van der Waals surface area contributed by atoms with Crippen LogP contribution in [0, 0.1) is 13.8 Å². The average Bonchev–Trinajstić information content (AvgIpc) is 2.53. The molecule has 0 heterocycles. The van der Waals surface area contributed by atoms with Crippen LogP contribution in [0.15, 0.2) is 60.2 Å². The monoisotopic (exact) mass is 312 g/mol. The molecule has 0 radical (unpaired) electrons. The second kappa shape index (κ2) is 6.49. The largest absolute Gasteiger partial charge is 0.0905 e. The Bertz CT molecular complexity index is 1030. The van der Waals surface area contributed by atoms with E-state index in [-0.39, 0.29) is 0 Å². The zero-order valence-corrected chi connectivity index (χ0v) is 15.0. The molecule has 0 amide bonds. The van der Waals surface area contributed by atoms with Crippen LogP contribution >= 0.6 is 0 Å². The molecular formula is C24H24. The Morgan fingerprint density at radius 2 is 1.50 bits per heavy atom. The smallest absolute Gasteiger partial charge is 0.0105 e. The zero-order chi connectivity index (χ0) is 17.3. The second-order valence-electron chi connectivity index (χ2n) is 6.86. The predicted molar refractivity (Wildman–Crippen MR) is 108 cm³/mol. The minimum absolute atomic E-state index is 1.09. The number of hydrogen-bond acceptors (Lipinski definition) is 0. The van der Waals surface area contributed by atoms with Gasteiger partial charge in [-0.3, -0.25) is 0 Å². The molecule has 0 unspecified atom stereocenters. The summed E-state index contributed by atoms with van der Waals surface area (Å²) >= 11 is 0. The van der Waals surface area contributed by atoms with E-state index in [0.717, 1.165) is 5.22 Å². The molecule has 0 saturated heterocycles. The van der Waals surface area contributed by atoms with E-state index in [2.05, 4.69) is 95.0 Å². The van der Waals surface area contributed by atoms with Gasteiger partial charge in [-0.25, -0.2) is 0 Å². The van der Waals surface area contributed by atoms with Crippen LogP contribution in [0.25, 0.3) is 34.6 Å². The second-order valence-corrected chi connectivity index (χ2v) is 6.86. The molecule has 0 nitrogen and oxygen atoms in total. The maximum Gasteiger partial charge on any atom is -0.0105 e. The lowest BCUT2D eigenvalue weighted by Gasteiger charge is -2.08. The summed E-state index contributed by atoms with van der Waals surface area (Å²) in [7, 11) is 0. The van der Waals surface area contributed by atoms with Gasteiger partial charge >= 0.3 is 0 Å². The fourth-order valence-corrected chi connectivity index (χ4v) is 3.13. The summed E-state index contributed by atoms with van der Waals surface area (Å²) in [5, 5.41) is 4.74. The molecule has 3 aromatic rings. The van der Waals surface area contributed by atoms with Crippen LogP contribution < -0.4 is 10.4 Å². The minimum atomic E-state index is 1.09. The van der Waals surface area contributed by atoms with Crippen molar-refractivity contribution in [1.82, 2.24) is 0 Å². The van der Waals surface area contributed by atoms with Gasteiger partial charge in [0.2, 0.25) is 0 Å². The lowest BCUT2D eigenvalue weighted by molar-refractivity contribution is 1.38. The zero-order valence-electron chi connectivity index (χ0n) is 15.0. The average molecular weight is 312 g/mol. The van der Waals surface area contributed by atoms with Gasteiger partial charge in [0.1, 0.15) is 0 Å². The molecule has 0 fully saturated rings. The van der Waals surface area contributed by atoms with Crippen LogP contribution in [0.4, 0.5) is 0 Å². The van der Waals surface area contributed by atoms with E-state index in [9.17, 15) is 0 Å². The van der Waals surface area contributed by atoms with Gasteiger partial charge in [-0.05, 0) is 66.1 Å². The van der Waals surface area contributed by atoms with Gasteiger partial charge in [-0.1, -0.05) is 77.9 Å². The van der Waals surface area contributed by atoms with E-state index in [1.165, 1.54) is 43.8 Å². The molecule has 24 heavy (non-hydrogen) atoms. The molecule has 3 rings (SSSR count). The van der Waals surface area contributed by atoms with Crippen LogP contribution in [0.5, 0.6) is 0 Å². The number of allylic oxidation sites excluding steroid dienone is 2. The molecular weight excluding hydrogens is 288 g/mol. The molecule has 0 aromatic heterocycles. The molecule has 0 N–H and O–H groups in total. The molecule has 0 spiro atoms. The highest BCUT2D eigenvalue weighted by Gasteiger charge is 2.02. The van der Waals surface area contributed by atoms with Crippen molar-refractivity contribution < 1.29 is 0 Å². The first kappa shape index (κ1) is 16.3. The first-order chi connectivity index (χ1) is 11.4. The minimum Gasteiger partial charge on any atom is -0.0905 e. The van der Waals surface area contributed by atoms with Crippen LogP contribution in [0.1, 0.15) is 25.0 Å². The molecule has 0 aliphatic carbocycles. The van der Waals surface area contributed by atoms with E-state index in [1.807, 2.05) is 0 Å². The van der Waals surface area contributed by atoms with Crippen molar-refractivity contribution in [3.8, 4) is 11.1 Å². The van der Waals surface area contributed by atoms with E-state index in [1.54, 1.807) is 0 Å². The van der Waals surface area contributed by atoms with Crippen molar-refractivity contribution in [3.63, 3.8) is 0 Å². The first-order valence-corrected chi connectivity index (χ1v) is 8.40. The van der Waals surface area contributed by atoms with Crippen molar-refractivity contribution in [2.75, 3.05) is 0 Å². The fraction of sp³-hybridized carbons (Fsp3) is 0.167. The summed E-state index contributed by atoms with van der Waals surface area (Å²) < 4.78 is 0. The Labute approximate surface area is 144 Å². The number of rotatable bonds is 2. The summed E-state index contributed by atoms with van der Waals surface area (Å²) in [4.78, 5) is 0. The third kappa shape index (κ3) is 3.33. The van der Waals surface area contributed by atoms with E-state index < -0.39 is 0 Å². The lowest BCUT2D eigenvalue weighted by atomic mass is 9.97. The molecule has 0 heteroatoms. The maximum atomic E-state index is 4.34. The highest BCUT2D eigenvalue weighted by molar-refractivity contribution is 5.88. The Kier molecular flexibility index (Phi) is 4.40. The number of aryl methyl sites for hydroxylation is 2. The Morgan fingerprint density at radius 3 is 2.17 bits per heavy atom. The van der Waals surface area contributed by atoms with Gasteiger partial charge in [0.05, 0.1) is 0 Å². The van der Waals surface area contributed by atoms with Crippen molar-refractivity contribution in [2.24, 2.45) is 0 Å². The Hall–Kier alpha value is -2.60. The van der Waals surface area contributed by atoms with Gasteiger partial charge in [0.25, 0.3) is 0 Å². The summed E-state index contributed by atoms with van der Waals surface area (Å²) in [6.07, 6.45) is 4.30. The van der Waals surface area contributed by atoms with Crippen molar-refractivity contribution in [2.45, 2.75) is 27.7 Å². The fourth-order valence-electron chi connectivity index (χ4n) is 3.13. The van der Waals surface area contributed by atoms with Crippen LogP contribution in [-0.4, -0.2) is 0 Å². The Morgan fingerprint density at radius 1 is 0.833 bits per heavy atom. The number of hydrogen-bond donors (Lipinski definition) is 0. The maximum absolute atomic E-state index is 4.34. The van der Waals surface area contributed by atoms with Gasteiger partial charge in [0, 0.05) is 0 Å². The van der Waals surface area contributed by atoms with Gasteiger partial charge < -0.3 is 0 Å². The molecule has 0 aliphatic rings. The number of benzene rings is 3. The topological polar surface area (TPSA) is 0 Å². The molecule has 0 saturated carbocycles. The normalized spacial score (nSPS) is 11.8. The predicted octanol–water partition coefficient (Wildman–Crippen LogP) is 5.28. The summed E-state index contributed by atoms with van der Waals surface area (Å²) in [6.45, 7) is 12.9. The van der Waals surface area contributed by atoms with Crippen LogP contribution in [0.2, 0.25) is 0 Å². The SMILES string of the molecule is C=c1/c(=C\C=C(C)C)ccc2ccc(-c3cc(C)cc(C)c3)cc12. The highest BCUT2D eigenvalue weighted by atomic mass is 14.1. The first-order valence-electron chi connectivity index (χ1n) is 8.40. The molecule has 0 aliphatic heterocycles. The lowest BCUT2D eigenvalue weighted by Crippen LogP contribution is -2.23. The van der Waals surface area contributed by atoms with Crippen LogP contribution in [-0.2, 0) is 0 Å². The van der Waals surface area contributed by atoms with Gasteiger partial charge in [-0.15, -0.1) is 0 Å². The Balaban J connectivity index is 2.23. The molecule has 120 valence electrons. The molecule has 0 atom stereocenters. The van der Waals surface area contributed by atoms with E-state index in [0.29, 0.717) is 0 Å². The van der Waals surface area contributed by atoms with Crippen molar-refractivity contribution in [1.29, 1.82) is 0 Å². The standard InChI is InChI=1S/C24H24/c1-16(2)6-7-20-8-9-21-10-11-22(15-24(21)19(20)5)23-13-17(3)12-18(4)14-23/h6-15H,5H2,1-4H3/b20-7-. The highest BCUT2D eigenvalue weighted by Crippen LogP contribution is 2.24. The van der Waals surface area contributed by atoms with Gasteiger partial charge in [-0.2, -0.15) is 0 Å². The summed E-state index contributed by atoms with van der Waals surface area (Å²) in [5.74, 6) is 0. The number of fused-ring (bicyclic) bond motifs is 1. The van der Waals surface area contributed by atoms with Crippen molar-refractivity contribution in [3.05, 3.63) is 81.7 Å². The van der Waals surface area contributed by atoms with E-state index in [4.69, 9.17) is 0 Å². The van der Waals surface area contributed by atoms with E-state index >= 15 is 0 Å². The van der Waals surface area contributed by atoms with Crippen molar-refractivity contribution >= 4 is 23.4 Å². The third-order valence-corrected chi connectivity index (χ3v) is 4.32. The quantitative estimate of drug-likeness (QED) is 0.604. The molecule has 0 bridgehead atoms. The summed E-state index contributed by atoms with van der Waals surface area (Å²) in [5.41, 5.74) is 6.40. The third-order valence-electron chi connectivity index (χ3n) is 4.32. The van der Waals surface area contributed by atoms with Gasteiger partial charge in [0.15, 0.2) is 0 Å². The van der Waals surface area contributed by atoms with Crippen LogP contribution in [0.3, 0.4) is 0 Å². The molecule has 3 aromatic carbocycles. The summed E-state index contributed by atoms with van der Waals surface area (Å²) in [6, 6.07) is 17.7.